The molecule has 0 amide bonds. The highest BCUT2D eigenvalue weighted by molar-refractivity contribution is 5.78. The Hall–Kier alpha value is -5.34. The standard InChI is InChI=1S/C29H23N7O4/c30-12-3-13-38-26-11-9-23(39-18-22-8-7-20-4-1-2-5-24(20)31-22)15-21(26)17-37-16-19-6-10-25-27(14-19)40-29(32-25)28-33-35-36-34-28/h1-2,4-11,14-15H,3,13,16-18H2,(H,33,34,35,36). The Morgan fingerprint density at radius 3 is 2.73 bits per heavy atom. The number of oxazole rings is 1. The van der Waals surface area contributed by atoms with E-state index in [2.05, 4.69) is 36.7 Å². The van der Waals surface area contributed by atoms with E-state index in [0.29, 0.717) is 35.8 Å². The number of aromatic nitrogens is 6. The van der Waals surface area contributed by atoms with Crippen LogP contribution in [0.5, 0.6) is 11.5 Å². The van der Waals surface area contributed by atoms with Crippen molar-refractivity contribution in [3.8, 4) is 29.3 Å². The van der Waals surface area contributed by atoms with Crippen LogP contribution in [0.4, 0.5) is 0 Å². The van der Waals surface area contributed by atoms with Crippen molar-refractivity contribution in [3.63, 3.8) is 0 Å². The molecule has 0 fully saturated rings. The molecule has 1 N–H and O–H groups in total. The van der Waals surface area contributed by atoms with Crippen molar-refractivity contribution in [2.45, 2.75) is 26.2 Å². The van der Waals surface area contributed by atoms with Gasteiger partial charge < -0.3 is 18.6 Å². The lowest BCUT2D eigenvalue weighted by Crippen LogP contribution is -2.03. The van der Waals surface area contributed by atoms with Crippen molar-refractivity contribution in [1.29, 1.82) is 5.26 Å². The molecule has 3 aromatic heterocycles. The first-order chi connectivity index (χ1) is 19.7. The van der Waals surface area contributed by atoms with E-state index in [9.17, 15) is 0 Å². The van der Waals surface area contributed by atoms with E-state index in [4.69, 9.17) is 23.9 Å². The van der Waals surface area contributed by atoms with Crippen molar-refractivity contribution >= 4 is 22.0 Å². The van der Waals surface area contributed by atoms with Gasteiger partial charge in [0.1, 0.15) is 30.2 Å². The Kier molecular flexibility index (Phi) is 7.23. The fraction of sp³-hybridized carbons (Fsp3) is 0.172. The van der Waals surface area contributed by atoms with Gasteiger partial charge in [0.05, 0.1) is 36.9 Å². The number of para-hydroxylation sites is 1. The largest absolute Gasteiger partial charge is 0.492 e. The van der Waals surface area contributed by atoms with Crippen molar-refractivity contribution in [2.24, 2.45) is 0 Å². The molecule has 11 nitrogen and oxygen atoms in total. The van der Waals surface area contributed by atoms with Gasteiger partial charge in [-0.1, -0.05) is 30.3 Å². The average Bonchev–Trinajstić information content (AvgIpc) is 3.67. The van der Waals surface area contributed by atoms with Gasteiger partial charge in [-0.05, 0) is 53.2 Å². The topological polar surface area (TPSA) is 145 Å². The first-order valence-electron chi connectivity index (χ1n) is 12.6. The number of nitrogens with one attached hydrogen (secondary N) is 1. The molecule has 0 unspecified atom stereocenters. The van der Waals surface area contributed by atoms with E-state index < -0.39 is 0 Å². The second kappa shape index (κ2) is 11.6. The zero-order valence-corrected chi connectivity index (χ0v) is 21.3. The Morgan fingerprint density at radius 1 is 0.875 bits per heavy atom. The monoisotopic (exact) mass is 533 g/mol. The number of tetrazole rings is 1. The van der Waals surface area contributed by atoms with Gasteiger partial charge in [-0.25, -0.2) is 9.97 Å². The van der Waals surface area contributed by atoms with Crippen LogP contribution in [0.1, 0.15) is 23.2 Å². The minimum Gasteiger partial charge on any atom is -0.492 e. The van der Waals surface area contributed by atoms with Crippen molar-refractivity contribution in [1.82, 2.24) is 30.6 Å². The summed E-state index contributed by atoms with van der Waals surface area (Å²) in [6.07, 6.45) is 0.287. The highest BCUT2D eigenvalue weighted by atomic mass is 16.5. The smallest absolute Gasteiger partial charge is 0.269 e. The molecule has 6 aromatic rings. The summed E-state index contributed by atoms with van der Waals surface area (Å²) in [6.45, 7) is 1.21. The molecule has 0 saturated heterocycles. The molecule has 3 heterocycles. The normalized spacial score (nSPS) is 11.1. The summed E-state index contributed by atoms with van der Waals surface area (Å²) in [7, 11) is 0. The zero-order chi connectivity index (χ0) is 27.1. The molecule has 11 heteroatoms. The molecule has 0 radical (unpaired) electrons. The van der Waals surface area contributed by atoms with Crippen LogP contribution in [0, 0.1) is 11.3 Å². The number of pyridine rings is 1. The fourth-order valence-corrected chi connectivity index (χ4v) is 4.14. The highest BCUT2D eigenvalue weighted by Gasteiger charge is 2.13. The van der Waals surface area contributed by atoms with Gasteiger partial charge in [-0.3, -0.25) is 0 Å². The molecule has 0 aliphatic carbocycles. The summed E-state index contributed by atoms with van der Waals surface area (Å²) in [5.41, 5.74) is 4.75. The van der Waals surface area contributed by atoms with E-state index in [1.54, 1.807) is 0 Å². The van der Waals surface area contributed by atoms with E-state index in [0.717, 1.165) is 27.7 Å². The number of hydrogen-bond acceptors (Lipinski definition) is 10. The van der Waals surface area contributed by atoms with Crippen LogP contribution in [0.25, 0.3) is 33.7 Å². The van der Waals surface area contributed by atoms with E-state index in [1.807, 2.05) is 72.8 Å². The van der Waals surface area contributed by atoms with Crippen LogP contribution in [0.3, 0.4) is 0 Å². The number of benzene rings is 3. The van der Waals surface area contributed by atoms with Gasteiger partial charge in [0.2, 0.25) is 0 Å². The summed E-state index contributed by atoms with van der Waals surface area (Å²) < 4.78 is 23.7. The number of rotatable bonds is 11. The molecule has 0 aliphatic rings. The third-order valence-electron chi connectivity index (χ3n) is 6.06. The summed E-state index contributed by atoms with van der Waals surface area (Å²) >= 11 is 0. The maximum Gasteiger partial charge on any atom is 0.269 e. The van der Waals surface area contributed by atoms with Gasteiger partial charge >= 0.3 is 0 Å². The molecule has 0 atom stereocenters. The van der Waals surface area contributed by atoms with Crippen LogP contribution < -0.4 is 9.47 Å². The fourth-order valence-electron chi connectivity index (χ4n) is 4.14. The van der Waals surface area contributed by atoms with Gasteiger partial charge in [0.25, 0.3) is 11.7 Å². The number of ether oxygens (including phenoxy) is 3. The summed E-state index contributed by atoms with van der Waals surface area (Å²) in [5, 5.41) is 23.7. The first-order valence-corrected chi connectivity index (χ1v) is 12.6. The Balaban J connectivity index is 1.13. The number of aromatic amines is 1. The SMILES string of the molecule is N#CCCOc1ccc(OCc2ccc3ccccc3n2)cc1COCc1ccc2nc(-c3nn[nH]n3)oc2c1. The van der Waals surface area contributed by atoms with Crippen LogP contribution >= 0.6 is 0 Å². The van der Waals surface area contributed by atoms with E-state index >= 15 is 0 Å². The maximum absolute atomic E-state index is 8.90. The predicted octanol–water partition coefficient (Wildman–Crippen LogP) is 5.14. The van der Waals surface area contributed by atoms with E-state index in [-0.39, 0.29) is 31.3 Å². The van der Waals surface area contributed by atoms with E-state index in [1.165, 1.54) is 0 Å². The van der Waals surface area contributed by atoms with Crippen LogP contribution in [-0.4, -0.2) is 37.2 Å². The third-order valence-corrected chi connectivity index (χ3v) is 6.06. The Bertz CT molecular complexity index is 1790. The molecular weight excluding hydrogens is 510 g/mol. The third kappa shape index (κ3) is 5.72. The molecule has 0 spiro atoms. The average molecular weight is 534 g/mol. The van der Waals surface area contributed by atoms with Gasteiger partial charge in [-0.2, -0.15) is 10.5 Å². The predicted molar refractivity (Wildman–Crippen MR) is 144 cm³/mol. The quantitative estimate of drug-likeness (QED) is 0.222. The van der Waals surface area contributed by atoms with Crippen LogP contribution in [-0.2, 0) is 24.6 Å². The number of nitrogens with zero attached hydrogens (tertiary/aromatic N) is 6. The molecule has 40 heavy (non-hydrogen) atoms. The first kappa shape index (κ1) is 25.0. The Labute approximate surface area is 228 Å². The number of H-pyrrole nitrogens is 1. The Morgan fingerprint density at radius 2 is 1.82 bits per heavy atom. The lowest BCUT2D eigenvalue weighted by Gasteiger charge is -2.14. The maximum atomic E-state index is 8.90. The minimum atomic E-state index is 0.274. The van der Waals surface area contributed by atoms with Crippen molar-refractivity contribution in [2.75, 3.05) is 6.61 Å². The second-order valence-electron chi connectivity index (χ2n) is 8.86. The molecular formula is C29H23N7O4. The second-order valence-corrected chi connectivity index (χ2v) is 8.86. The molecule has 0 saturated carbocycles. The summed E-state index contributed by atoms with van der Waals surface area (Å²) in [4.78, 5) is 9.06. The number of hydrogen-bond donors (Lipinski definition) is 1. The lowest BCUT2D eigenvalue weighted by molar-refractivity contribution is 0.104. The van der Waals surface area contributed by atoms with Crippen LogP contribution in [0.2, 0.25) is 0 Å². The van der Waals surface area contributed by atoms with Gasteiger partial charge in [0.15, 0.2) is 5.58 Å². The summed E-state index contributed by atoms with van der Waals surface area (Å²) in [5.74, 6) is 1.88. The number of nitriles is 1. The summed E-state index contributed by atoms with van der Waals surface area (Å²) in [6, 6.07) is 25.3. The lowest BCUT2D eigenvalue weighted by atomic mass is 10.2. The molecule has 0 aliphatic heterocycles. The highest BCUT2D eigenvalue weighted by Crippen LogP contribution is 2.27. The molecule has 6 rings (SSSR count). The number of fused-ring (bicyclic) bond motifs is 2. The minimum absolute atomic E-state index is 0.274. The molecule has 3 aromatic carbocycles. The van der Waals surface area contributed by atoms with Crippen molar-refractivity contribution in [3.05, 3.63) is 89.6 Å². The molecule has 198 valence electrons. The van der Waals surface area contributed by atoms with Gasteiger partial charge in [-0.15, -0.1) is 10.2 Å². The van der Waals surface area contributed by atoms with Crippen molar-refractivity contribution < 1.29 is 18.6 Å². The van der Waals surface area contributed by atoms with Gasteiger partial charge in [0, 0.05) is 10.9 Å². The molecule has 0 bridgehead atoms. The van der Waals surface area contributed by atoms with Crippen LogP contribution in [0.15, 0.2) is 77.2 Å². The zero-order valence-electron chi connectivity index (χ0n) is 21.3.